The van der Waals surface area contributed by atoms with E-state index in [1.54, 1.807) is 51.4 Å². The second kappa shape index (κ2) is 4.53. The Bertz CT molecular complexity index is 299. The van der Waals surface area contributed by atoms with Gasteiger partial charge >= 0.3 is 0 Å². The van der Waals surface area contributed by atoms with Crippen LogP contribution in [-0.4, -0.2) is 0 Å². The van der Waals surface area contributed by atoms with E-state index in [9.17, 15) is 0 Å². The maximum atomic E-state index is 2.36. The molecule has 5 rings (SSSR count). The molecule has 102 valence electrons. The van der Waals surface area contributed by atoms with Crippen LogP contribution in [-0.2, 0) is 0 Å². The molecule has 0 aromatic rings. The van der Waals surface area contributed by atoms with Crippen molar-refractivity contribution in [2.75, 3.05) is 0 Å². The molecule has 0 amide bonds. The van der Waals surface area contributed by atoms with Crippen LogP contribution < -0.4 is 0 Å². The molecule has 18 heavy (non-hydrogen) atoms. The van der Waals surface area contributed by atoms with E-state index in [0.29, 0.717) is 0 Å². The largest absolute Gasteiger partial charge is 0.0654 e. The van der Waals surface area contributed by atoms with Gasteiger partial charge in [-0.25, -0.2) is 0 Å². The number of rotatable bonds is 3. The SMILES string of the molecule is CCCCC1C2CCC3CCC(CC3)C3CC1C32. The fraction of sp³-hybridized carbons (Fsp3) is 1.00. The molecule has 0 N–H and O–H groups in total. The Balaban J connectivity index is 1.48. The van der Waals surface area contributed by atoms with E-state index in [1.807, 2.05) is 0 Å². The van der Waals surface area contributed by atoms with E-state index in [2.05, 4.69) is 6.92 Å². The van der Waals surface area contributed by atoms with Crippen LogP contribution in [0.2, 0.25) is 0 Å². The molecule has 0 heteroatoms. The van der Waals surface area contributed by atoms with Crippen molar-refractivity contribution in [3.05, 3.63) is 0 Å². The van der Waals surface area contributed by atoms with Crippen LogP contribution in [0.5, 0.6) is 0 Å². The molecule has 0 spiro atoms. The molecule has 5 unspecified atom stereocenters. The maximum Gasteiger partial charge on any atom is -0.0321 e. The normalized spacial score (nSPS) is 53.5. The van der Waals surface area contributed by atoms with Crippen molar-refractivity contribution in [2.24, 2.45) is 41.4 Å². The molecule has 0 aromatic heterocycles. The molecule has 5 aliphatic carbocycles. The molecule has 0 radical (unpaired) electrons. The first-order valence-electron chi connectivity index (χ1n) is 8.88. The Labute approximate surface area is 113 Å². The molecule has 5 fully saturated rings. The molecule has 5 atom stereocenters. The highest BCUT2D eigenvalue weighted by molar-refractivity contribution is 5.09. The summed E-state index contributed by atoms with van der Waals surface area (Å²) in [6, 6.07) is 0. The van der Waals surface area contributed by atoms with Gasteiger partial charge in [-0.1, -0.05) is 39.0 Å². The van der Waals surface area contributed by atoms with Crippen molar-refractivity contribution >= 4 is 0 Å². The van der Waals surface area contributed by atoms with Gasteiger partial charge in [0.05, 0.1) is 0 Å². The third-order valence-electron chi connectivity index (χ3n) is 7.42. The van der Waals surface area contributed by atoms with Crippen molar-refractivity contribution in [3.63, 3.8) is 0 Å². The van der Waals surface area contributed by atoms with E-state index in [-0.39, 0.29) is 0 Å². The van der Waals surface area contributed by atoms with E-state index >= 15 is 0 Å². The average molecular weight is 246 g/mol. The predicted octanol–water partition coefficient (Wildman–Crippen LogP) is 5.28. The third-order valence-corrected chi connectivity index (χ3v) is 7.42. The first kappa shape index (κ1) is 11.8. The topological polar surface area (TPSA) is 0 Å². The van der Waals surface area contributed by atoms with Gasteiger partial charge in [0.2, 0.25) is 0 Å². The lowest BCUT2D eigenvalue weighted by Crippen LogP contribution is -2.60. The Kier molecular flexibility index (Phi) is 2.97. The molecular formula is C18H30. The summed E-state index contributed by atoms with van der Waals surface area (Å²) in [4.78, 5) is 0. The summed E-state index contributed by atoms with van der Waals surface area (Å²) in [6.07, 6.45) is 15.7. The average Bonchev–Trinajstić information content (AvgIpc) is 2.42. The van der Waals surface area contributed by atoms with Gasteiger partial charge in [0, 0.05) is 0 Å². The van der Waals surface area contributed by atoms with Gasteiger partial charge in [0.1, 0.15) is 0 Å². The first-order valence-corrected chi connectivity index (χ1v) is 8.88. The minimum Gasteiger partial charge on any atom is -0.0654 e. The van der Waals surface area contributed by atoms with E-state index in [1.165, 1.54) is 42.4 Å². The molecule has 5 aliphatic rings. The first-order chi connectivity index (χ1) is 8.88. The van der Waals surface area contributed by atoms with Gasteiger partial charge in [-0.15, -0.1) is 0 Å². The molecule has 0 heterocycles. The van der Waals surface area contributed by atoms with Gasteiger partial charge in [0.15, 0.2) is 0 Å². The summed E-state index contributed by atoms with van der Waals surface area (Å²) in [5, 5.41) is 0. The highest BCUT2D eigenvalue weighted by Crippen LogP contribution is 2.68. The van der Waals surface area contributed by atoms with Crippen LogP contribution in [0.4, 0.5) is 0 Å². The highest BCUT2D eigenvalue weighted by atomic mass is 14.7. The quantitative estimate of drug-likeness (QED) is 0.636. The van der Waals surface area contributed by atoms with Crippen LogP contribution in [0.25, 0.3) is 0 Å². The second-order valence-electron chi connectivity index (χ2n) is 7.97. The molecule has 0 saturated heterocycles. The molecule has 2 bridgehead atoms. The zero-order valence-corrected chi connectivity index (χ0v) is 12.1. The molecule has 0 aliphatic heterocycles. The molecule has 0 nitrogen and oxygen atoms in total. The van der Waals surface area contributed by atoms with Crippen LogP contribution in [0.1, 0.15) is 71.1 Å². The van der Waals surface area contributed by atoms with Crippen molar-refractivity contribution in [3.8, 4) is 0 Å². The van der Waals surface area contributed by atoms with Gasteiger partial charge < -0.3 is 0 Å². The van der Waals surface area contributed by atoms with Crippen LogP contribution >= 0.6 is 0 Å². The summed E-state index contributed by atoms with van der Waals surface area (Å²) >= 11 is 0. The van der Waals surface area contributed by atoms with Crippen molar-refractivity contribution in [1.82, 2.24) is 0 Å². The predicted molar refractivity (Wildman–Crippen MR) is 76.3 cm³/mol. The summed E-state index contributed by atoms with van der Waals surface area (Å²) in [5.74, 6) is 8.25. The Hall–Kier alpha value is 0. The highest BCUT2D eigenvalue weighted by Gasteiger charge is 2.61. The van der Waals surface area contributed by atoms with E-state index in [0.717, 1.165) is 11.8 Å². The van der Waals surface area contributed by atoms with Crippen molar-refractivity contribution in [2.45, 2.75) is 71.1 Å². The van der Waals surface area contributed by atoms with Crippen molar-refractivity contribution < 1.29 is 0 Å². The summed E-state index contributed by atoms with van der Waals surface area (Å²) < 4.78 is 0. The lowest BCUT2D eigenvalue weighted by atomic mass is 9.39. The lowest BCUT2D eigenvalue weighted by Gasteiger charge is -2.66. The van der Waals surface area contributed by atoms with Gasteiger partial charge in [-0.2, -0.15) is 0 Å². The summed E-state index contributed by atoms with van der Waals surface area (Å²) in [7, 11) is 0. The number of unbranched alkanes of at least 4 members (excludes halogenated alkanes) is 1. The molecule has 0 aromatic carbocycles. The Morgan fingerprint density at radius 3 is 2.39 bits per heavy atom. The van der Waals surface area contributed by atoms with Gasteiger partial charge in [-0.05, 0) is 73.5 Å². The molecular weight excluding hydrogens is 216 g/mol. The van der Waals surface area contributed by atoms with Crippen molar-refractivity contribution in [1.29, 1.82) is 0 Å². The summed E-state index contributed by atoms with van der Waals surface area (Å²) in [6.45, 7) is 2.36. The van der Waals surface area contributed by atoms with Gasteiger partial charge in [-0.3, -0.25) is 0 Å². The van der Waals surface area contributed by atoms with Crippen LogP contribution in [0.3, 0.4) is 0 Å². The standard InChI is InChI=1S/C18H30/c1-2-3-4-14-15-10-7-12-5-8-13(9-6-12)16-11-17(14)18(15)16/h12-18H,2-11H2,1H3. The van der Waals surface area contributed by atoms with Crippen LogP contribution in [0.15, 0.2) is 0 Å². The number of hydrogen-bond donors (Lipinski definition) is 0. The zero-order chi connectivity index (χ0) is 12.1. The maximum absolute atomic E-state index is 2.36. The number of fused-ring (bicyclic) bond motifs is 3. The zero-order valence-electron chi connectivity index (χ0n) is 12.1. The summed E-state index contributed by atoms with van der Waals surface area (Å²) in [5.41, 5.74) is 0. The lowest BCUT2D eigenvalue weighted by molar-refractivity contribution is -0.175. The minimum absolute atomic E-state index is 1.13. The smallest absolute Gasteiger partial charge is 0.0321 e. The second-order valence-corrected chi connectivity index (χ2v) is 7.97. The Morgan fingerprint density at radius 1 is 0.833 bits per heavy atom. The fourth-order valence-corrected chi connectivity index (χ4v) is 6.42. The number of hydrogen-bond acceptors (Lipinski definition) is 0. The van der Waals surface area contributed by atoms with E-state index in [4.69, 9.17) is 0 Å². The van der Waals surface area contributed by atoms with E-state index < -0.39 is 0 Å². The monoisotopic (exact) mass is 246 g/mol. The third kappa shape index (κ3) is 1.63. The minimum atomic E-state index is 1.13. The molecule has 5 saturated carbocycles. The fourth-order valence-electron chi connectivity index (χ4n) is 6.42. The van der Waals surface area contributed by atoms with Crippen LogP contribution in [0, 0.1) is 41.4 Å². The Morgan fingerprint density at radius 2 is 1.61 bits per heavy atom. The van der Waals surface area contributed by atoms with Gasteiger partial charge in [0.25, 0.3) is 0 Å².